The number of aliphatic carboxylic acids is 1. The summed E-state index contributed by atoms with van der Waals surface area (Å²) < 4.78 is 27.4. The van der Waals surface area contributed by atoms with Crippen molar-refractivity contribution in [1.29, 1.82) is 0 Å². The first-order valence-electron chi connectivity index (χ1n) is 5.09. The number of halogens is 2. The molecule has 0 radical (unpaired) electrons. The zero-order valence-corrected chi connectivity index (χ0v) is 14.4. The van der Waals surface area contributed by atoms with Gasteiger partial charge in [-0.15, -0.1) is 0 Å². The van der Waals surface area contributed by atoms with Crippen LogP contribution in [0.15, 0.2) is 32.0 Å². The van der Waals surface area contributed by atoms with Crippen molar-refractivity contribution in [3.8, 4) is 0 Å². The van der Waals surface area contributed by atoms with Crippen LogP contribution in [0.4, 0.5) is 0 Å². The van der Waals surface area contributed by atoms with Gasteiger partial charge in [0.25, 0.3) is 0 Å². The number of carboxylic acids is 1. The number of hydrogen-bond acceptors (Lipinski definition) is 4. The van der Waals surface area contributed by atoms with Crippen molar-refractivity contribution in [2.75, 3.05) is 5.75 Å². The third kappa shape index (κ3) is 4.75. The van der Waals surface area contributed by atoms with E-state index in [0.717, 1.165) is 0 Å². The number of rotatable bonds is 6. The summed E-state index contributed by atoms with van der Waals surface area (Å²) in [6, 6.07) is 3.32. The molecule has 0 fully saturated rings. The normalized spacial score (nSPS) is 13.2. The molecule has 0 aromatic heterocycles. The zero-order valence-electron chi connectivity index (χ0n) is 9.51. The Balaban J connectivity index is 3.06. The van der Waals surface area contributed by atoms with Crippen LogP contribution >= 0.6 is 44.5 Å². The smallest absolute Gasteiger partial charge is 0.321 e. The van der Waals surface area contributed by atoms with Crippen LogP contribution < -0.4 is 4.72 Å². The molecule has 0 aliphatic carbocycles. The highest BCUT2D eigenvalue weighted by molar-refractivity contribution is 9.11. The van der Waals surface area contributed by atoms with Crippen LogP contribution in [0.3, 0.4) is 0 Å². The van der Waals surface area contributed by atoms with Gasteiger partial charge < -0.3 is 5.11 Å². The van der Waals surface area contributed by atoms with Gasteiger partial charge in [0.15, 0.2) is 0 Å². The lowest BCUT2D eigenvalue weighted by molar-refractivity contribution is -0.139. The minimum atomic E-state index is -3.91. The van der Waals surface area contributed by atoms with E-state index in [2.05, 4.69) is 49.2 Å². The molecule has 1 aromatic rings. The average molecular weight is 433 g/mol. The van der Waals surface area contributed by atoms with Crippen LogP contribution in [-0.4, -0.2) is 31.3 Å². The molecule has 1 aromatic carbocycles. The summed E-state index contributed by atoms with van der Waals surface area (Å²) in [6.45, 7) is 0. The number of nitrogens with one attached hydrogen (secondary N) is 1. The summed E-state index contributed by atoms with van der Waals surface area (Å²) in [5.74, 6) is -0.966. The van der Waals surface area contributed by atoms with Gasteiger partial charge in [-0.1, -0.05) is 15.9 Å². The summed E-state index contributed by atoms with van der Waals surface area (Å²) in [7, 11) is -3.91. The molecule has 9 heteroatoms. The fourth-order valence-corrected chi connectivity index (χ4v) is 4.53. The lowest BCUT2D eigenvalue weighted by Crippen LogP contribution is -2.41. The molecule has 0 aliphatic rings. The Morgan fingerprint density at radius 1 is 1.42 bits per heavy atom. The van der Waals surface area contributed by atoms with Gasteiger partial charge in [0.1, 0.15) is 6.04 Å². The Hall–Kier alpha value is -0.0900. The predicted molar refractivity (Wildman–Crippen MR) is 82.1 cm³/mol. The van der Waals surface area contributed by atoms with E-state index in [1.165, 1.54) is 6.07 Å². The lowest BCUT2D eigenvalue weighted by Gasteiger charge is -2.14. The first kappa shape index (κ1) is 17.0. The molecule has 0 aliphatic heterocycles. The Bertz CT molecular complexity index is 577. The summed E-state index contributed by atoms with van der Waals surface area (Å²) in [4.78, 5) is 10.9. The molecule has 0 spiro atoms. The number of carbonyl (C=O) groups is 1. The molecule has 1 unspecified atom stereocenters. The fourth-order valence-electron chi connectivity index (χ4n) is 1.31. The van der Waals surface area contributed by atoms with Crippen LogP contribution in [-0.2, 0) is 14.8 Å². The maximum atomic E-state index is 12.1. The highest BCUT2D eigenvalue weighted by atomic mass is 79.9. The van der Waals surface area contributed by atoms with Crippen molar-refractivity contribution < 1.29 is 18.3 Å². The second-order valence-corrected chi connectivity index (χ2v) is 7.50. The van der Waals surface area contributed by atoms with E-state index in [1.807, 2.05) is 0 Å². The molecule has 1 rings (SSSR count). The topological polar surface area (TPSA) is 83.5 Å². The van der Waals surface area contributed by atoms with Crippen LogP contribution in [0, 0.1) is 0 Å². The zero-order chi connectivity index (χ0) is 14.6. The van der Waals surface area contributed by atoms with Crippen LogP contribution in [0.1, 0.15) is 6.42 Å². The maximum absolute atomic E-state index is 12.1. The van der Waals surface area contributed by atoms with Crippen molar-refractivity contribution in [2.24, 2.45) is 0 Å². The molecule has 0 heterocycles. The standard InChI is InChI=1S/C10H11Br2NO4S2/c11-6-1-2-9(7(12)5-6)19(16,17)13-8(3-4-18)10(14)15/h1-2,5,8,13,18H,3-4H2,(H,14,15). The van der Waals surface area contributed by atoms with Crippen LogP contribution in [0.5, 0.6) is 0 Å². The fraction of sp³-hybridized carbons (Fsp3) is 0.300. The first-order valence-corrected chi connectivity index (χ1v) is 8.79. The Morgan fingerprint density at radius 3 is 2.53 bits per heavy atom. The molecule has 19 heavy (non-hydrogen) atoms. The number of carboxylic acid groups (broad SMARTS) is 1. The number of sulfonamides is 1. The molecule has 5 nitrogen and oxygen atoms in total. The third-order valence-electron chi connectivity index (χ3n) is 2.20. The van der Waals surface area contributed by atoms with Gasteiger partial charge in [-0.25, -0.2) is 8.42 Å². The molecule has 2 N–H and O–H groups in total. The van der Waals surface area contributed by atoms with E-state index in [-0.39, 0.29) is 17.1 Å². The van der Waals surface area contributed by atoms with Gasteiger partial charge in [-0.05, 0) is 46.3 Å². The molecule has 0 bridgehead atoms. The monoisotopic (exact) mass is 431 g/mol. The number of benzene rings is 1. The van der Waals surface area contributed by atoms with Gasteiger partial charge in [0.2, 0.25) is 10.0 Å². The molecular weight excluding hydrogens is 422 g/mol. The summed E-state index contributed by atoms with van der Waals surface area (Å²) in [5, 5.41) is 8.95. The largest absolute Gasteiger partial charge is 0.480 e. The molecular formula is C10H11Br2NO4S2. The second kappa shape index (κ2) is 7.07. The van der Waals surface area contributed by atoms with Gasteiger partial charge in [-0.2, -0.15) is 17.4 Å². The van der Waals surface area contributed by atoms with E-state index in [1.54, 1.807) is 12.1 Å². The highest BCUT2D eigenvalue weighted by Gasteiger charge is 2.26. The van der Waals surface area contributed by atoms with Gasteiger partial charge >= 0.3 is 5.97 Å². The van der Waals surface area contributed by atoms with E-state index in [0.29, 0.717) is 8.95 Å². The highest BCUT2D eigenvalue weighted by Crippen LogP contribution is 2.25. The quantitative estimate of drug-likeness (QED) is 0.602. The van der Waals surface area contributed by atoms with Crippen molar-refractivity contribution in [1.82, 2.24) is 4.72 Å². The molecule has 0 amide bonds. The summed E-state index contributed by atoms with van der Waals surface area (Å²) in [5.41, 5.74) is 0. The third-order valence-corrected chi connectivity index (χ3v) is 5.40. The SMILES string of the molecule is O=C(O)C(CCS)NS(=O)(=O)c1ccc(Br)cc1Br. The maximum Gasteiger partial charge on any atom is 0.321 e. The first-order chi connectivity index (χ1) is 8.77. The Labute approximate surface area is 133 Å². The van der Waals surface area contributed by atoms with Crippen molar-refractivity contribution in [3.63, 3.8) is 0 Å². The lowest BCUT2D eigenvalue weighted by atomic mass is 10.2. The van der Waals surface area contributed by atoms with E-state index in [9.17, 15) is 13.2 Å². The van der Waals surface area contributed by atoms with Crippen LogP contribution in [0.2, 0.25) is 0 Å². The van der Waals surface area contributed by atoms with Crippen molar-refractivity contribution in [2.45, 2.75) is 17.4 Å². The Morgan fingerprint density at radius 2 is 2.05 bits per heavy atom. The molecule has 106 valence electrons. The second-order valence-electron chi connectivity index (χ2n) is 3.60. The van der Waals surface area contributed by atoms with Crippen LogP contribution in [0.25, 0.3) is 0 Å². The predicted octanol–water partition coefficient (Wildman–Crippen LogP) is 2.26. The summed E-state index contributed by atoms with van der Waals surface area (Å²) in [6.07, 6.45) is 0.103. The molecule has 0 saturated carbocycles. The van der Waals surface area contributed by atoms with Gasteiger partial charge in [0, 0.05) is 8.95 Å². The molecule has 0 saturated heterocycles. The van der Waals surface area contributed by atoms with Crippen molar-refractivity contribution >= 4 is 60.5 Å². The summed E-state index contributed by atoms with van der Waals surface area (Å²) >= 11 is 10.3. The van der Waals surface area contributed by atoms with Gasteiger partial charge in [-0.3, -0.25) is 4.79 Å². The molecule has 1 atom stereocenters. The van der Waals surface area contributed by atoms with E-state index >= 15 is 0 Å². The van der Waals surface area contributed by atoms with E-state index < -0.39 is 22.0 Å². The minimum absolute atomic E-state index is 0.0129. The number of thiol groups is 1. The minimum Gasteiger partial charge on any atom is -0.480 e. The average Bonchev–Trinajstić information content (AvgIpc) is 2.27. The Kier molecular flexibility index (Phi) is 6.31. The van der Waals surface area contributed by atoms with Crippen molar-refractivity contribution in [3.05, 3.63) is 27.1 Å². The van der Waals surface area contributed by atoms with Gasteiger partial charge in [0.05, 0.1) is 4.90 Å². The van der Waals surface area contributed by atoms with E-state index in [4.69, 9.17) is 5.11 Å². The number of hydrogen-bond donors (Lipinski definition) is 3.